The Morgan fingerprint density at radius 2 is 1.81 bits per heavy atom. The number of nitrogens with one attached hydrogen (secondary N) is 1. The number of thioether (sulfide) groups is 1. The number of amides is 1. The van der Waals surface area contributed by atoms with Gasteiger partial charge in [0.2, 0.25) is 11.8 Å². The van der Waals surface area contributed by atoms with Gasteiger partial charge in [0.05, 0.1) is 5.25 Å². The Morgan fingerprint density at radius 3 is 2.52 bits per heavy atom. The molecular weight excluding hydrogens is 382 g/mol. The Kier molecular flexibility index (Phi) is 5.87. The predicted octanol–water partition coefficient (Wildman–Crippen LogP) is 5.43. The van der Waals surface area contributed by atoms with Gasteiger partial charge in [-0.2, -0.15) is 0 Å². The maximum Gasteiger partial charge on any atom is 0.277 e. The molecule has 140 valence electrons. The monoisotopic (exact) mass is 401 g/mol. The minimum absolute atomic E-state index is 0.156. The number of aryl methyl sites for hydroxylation is 3. The summed E-state index contributed by atoms with van der Waals surface area (Å²) in [7, 11) is 0. The number of halogens is 1. The summed E-state index contributed by atoms with van der Waals surface area (Å²) in [4.78, 5) is 12.5. The van der Waals surface area contributed by atoms with Crippen LogP contribution in [0.4, 0.5) is 5.69 Å². The molecule has 1 amide bonds. The molecule has 0 bridgehead atoms. The summed E-state index contributed by atoms with van der Waals surface area (Å²) >= 11 is 7.22. The molecule has 0 spiro atoms. The van der Waals surface area contributed by atoms with Crippen molar-refractivity contribution in [2.45, 2.75) is 38.2 Å². The van der Waals surface area contributed by atoms with Crippen molar-refractivity contribution in [1.82, 2.24) is 10.2 Å². The van der Waals surface area contributed by atoms with Crippen LogP contribution < -0.4 is 5.32 Å². The topological polar surface area (TPSA) is 68.0 Å². The molecule has 0 radical (unpaired) electrons. The molecule has 7 heteroatoms. The third-order valence-corrected chi connectivity index (χ3v) is 5.15. The van der Waals surface area contributed by atoms with Crippen LogP contribution >= 0.6 is 23.4 Å². The van der Waals surface area contributed by atoms with E-state index in [9.17, 15) is 4.79 Å². The number of carbonyl (C=O) groups excluding carboxylic acids is 1. The van der Waals surface area contributed by atoms with E-state index in [4.69, 9.17) is 16.0 Å². The van der Waals surface area contributed by atoms with Gasteiger partial charge in [-0.3, -0.25) is 4.79 Å². The van der Waals surface area contributed by atoms with Crippen LogP contribution in [-0.4, -0.2) is 21.4 Å². The molecule has 0 unspecified atom stereocenters. The van der Waals surface area contributed by atoms with Gasteiger partial charge >= 0.3 is 0 Å². The number of benzene rings is 2. The zero-order valence-electron chi connectivity index (χ0n) is 15.5. The molecule has 3 aromatic rings. The first-order valence-corrected chi connectivity index (χ1v) is 9.73. The number of hydrogen-bond donors (Lipinski definition) is 1. The molecule has 1 aromatic heterocycles. The summed E-state index contributed by atoms with van der Waals surface area (Å²) in [5, 5.41) is 11.6. The van der Waals surface area contributed by atoms with Crippen molar-refractivity contribution in [2.75, 3.05) is 5.32 Å². The molecule has 1 heterocycles. The van der Waals surface area contributed by atoms with Crippen LogP contribution in [0.2, 0.25) is 5.02 Å². The third kappa shape index (κ3) is 4.90. The number of anilines is 1. The number of nitrogens with zero attached hydrogens (tertiary/aromatic N) is 2. The van der Waals surface area contributed by atoms with Crippen LogP contribution in [0, 0.1) is 20.8 Å². The number of hydrogen-bond acceptors (Lipinski definition) is 5. The van der Waals surface area contributed by atoms with E-state index in [0.29, 0.717) is 21.8 Å². The number of carbonyl (C=O) groups is 1. The second-order valence-electron chi connectivity index (χ2n) is 6.46. The maximum atomic E-state index is 12.5. The van der Waals surface area contributed by atoms with Gasteiger partial charge < -0.3 is 9.73 Å². The standard InChI is InChI=1S/C20H20ClN3O2S/c1-11-7-12(2)9-15(8-11)19-23-24-20(26-19)27-14(4)18(25)22-17-10-16(21)6-5-13(17)3/h5-10,14H,1-4H3,(H,22,25)/t14-/m1/s1. The van der Waals surface area contributed by atoms with Gasteiger partial charge in [-0.15, -0.1) is 10.2 Å². The normalized spacial score (nSPS) is 12.0. The molecule has 5 nitrogen and oxygen atoms in total. The fraction of sp³-hybridized carbons (Fsp3) is 0.250. The molecule has 3 rings (SSSR count). The highest BCUT2D eigenvalue weighted by molar-refractivity contribution is 8.00. The molecule has 2 aromatic carbocycles. The highest BCUT2D eigenvalue weighted by Gasteiger charge is 2.19. The van der Waals surface area contributed by atoms with Gasteiger partial charge in [0.1, 0.15) is 0 Å². The first-order valence-electron chi connectivity index (χ1n) is 8.47. The van der Waals surface area contributed by atoms with Gasteiger partial charge in [0, 0.05) is 16.3 Å². The molecule has 1 atom stereocenters. The molecule has 0 aliphatic heterocycles. The Morgan fingerprint density at radius 1 is 1.11 bits per heavy atom. The fourth-order valence-electron chi connectivity index (χ4n) is 2.64. The van der Waals surface area contributed by atoms with Crippen molar-refractivity contribution in [3.8, 4) is 11.5 Å². The smallest absolute Gasteiger partial charge is 0.277 e. The summed E-state index contributed by atoms with van der Waals surface area (Å²) in [5.41, 5.74) is 4.77. The quantitative estimate of drug-likeness (QED) is 0.577. The van der Waals surface area contributed by atoms with Crippen molar-refractivity contribution in [3.63, 3.8) is 0 Å². The molecule has 0 saturated carbocycles. The van der Waals surface area contributed by atoms with Crippen molar-refractivity contribution in [3.05, 3.63) is 58.1 Å². The molecule has 0 aliphatic rings. The lowest BCUT2D eigenvalue weighted by molar-refractivity contribution is -0.115. The number of rotatable bonds is 5. The summed E-state index contributed by atoms with van der Waals surface area (Å²) in [6.45, 7) is 7.75. The zero-order chi connectivity index (χ0) is 19.6. The van der Waals surface area contributed by atoms with Crippen molar-refractivity contribution in [1.29, 1.82) is 0 Å². The van der Waals surface area contributed by atoms with Crippen molar-refractivity contribution < 1.29 is 9.21 Å². The van der Waals surface area contributed by atoms with Crippen LogP contribution in [-0.2, 0) is 4.79 Å². The molecule has 0 fully saturated rings. The van der Waals surface area contributed by atoms with Gasteiger partial charge in [0.15, 0.2) is 0 Å². The lowest BCUT2D eigenvalue weighted by atomic mass is 10.1. The van der Waals surface area contributed by atoms with Crippen molar-refractivity contribution >= 4 is 35.0 Å². The number of aromatic nitrogens is 2. The van der Waals surface area contributed by atoms with Crippen LogP contribution in [0.15, 0.2) is 46.0 Å². The SMILES string of the molecule is Cc1cc(C)cc(-c2nnc(S[C@H](C)C(=O)Nc3cc(Cl)ccc3C)o2)c1. The van der Waals surface area contributed by atoms with E-state index in [1.54, 1.807) is 19.1 Å². The highest BCUT2D eigenvalue weighted by Crippen LogP contribution is 2.28. The van der Waals surface area contributed by atoms with E-state index < -0.39 is 5.25 Å². The molecule has 1 N–H and O–H groups in total. The van der Waals surface area contributed by atoms with E-state index in [2.05, 4.69) is 21.6 Å². The van der Waals surface area contributed by atoms with Gasteiger partial charge in [-0.25, -0.2) is 0 Å². The van der Waals surface area contributed by atoms with E-state index >= 15 is 0 Å². The summed E-state index contributed by atoms with van der Waals surface area (Å²) in [6.07, 6.45) is 0. The molecule has 0 aliphatic carbocycles. The summed E-state index contributed by atoms with van der Waals surface area (Å²) < 4.78 is 5.73. The summed E-state index contributed by atoms with van der Waals surface area (Å²) in [6, 6.07) is 11.5. The first kappa shape index (κ1) is 19.5. The lowest BCUT2D eigenvalue weighted by Crippen LogP contribution is -2.22. The Hall–Kier alpha value is -2.31. The van der Waals surface area contributed by atoms with Crippen molar-refractivity contribution in [2.24, 2.45) is 0 Å². The van der Waals surface area contributed by atoms with Gasteiger partial charge in [-0.1, -0.05) is 46.6 Å². The second kappa shape index (κ2) is 8.15. The van der Waals surface area contributed by atoms with Crippen LogP contribution in [0.5, 0.6) is 0 Å². The first-order chi connectivity index (χ1) is 12.8. The Balaban J connectivity index is 1.69. The average molecular weight is 402 g/mol. The predicted molar refractivity (Wildman–Crippen MR) is 109 cm³/mol. The van der Waals surface area contributed by atoms with E-state index in [1.165, 1.54) is 11.8 Å². The summed E-state index contributed by atoms with van der Waals surface area (Å²) in [5.74, 6) is 0.291. The molecule has 0 saturated heterocycles. The minimum Gasteiger partial charge on any atom is -0.411 e. The zero-order valence-corrected chi connectivity index (χ0v) is 17.1. The molecule has 27 heavy (non-hydrogen) atoms. The Bertz CT molecular complexity index is 967. The van der Waals surface area contributed by atoms with E-state index in [-0.39, 0.29) is 5.91 Å². The lowest BCUT2D eigenvalue weighted by Gasteiger charge is -2.12. The fourth-order valence-corrected chi connectivity index (χ4v) is 3.50. The second-order valence-corrected chi connectivity index (χ2v) is 8.19. The third-order valence-electron chi connectivity index (χ3n) is 3.98. The largest absolute Gasteiger partial charge is 0.411 e. The van der Waals surface area contributed by atoms with Crippen LogP contribution in [0.25, 0.3) is 11.5 Å². The molecular formula is C20H20ClN3O2S. The maximum absolute atomic E-state index is 12.5. The average Bonchev–Trinajstić information content (AvgIpc) is 3.05. The van der Waals surface area contributed by atoms with Crippen LogP contribution in [0.3, 0.4) is 0 Å². The van der Waals surface area contributed by atoms with Gasteiger partial charge in [-0.05, 0) is 57.5 Å². The minimum atomic E-state index is -0.407. The van der Waals surface area contributed by atoms with Crippen LogP contribution in [0.1, 0.15) is 23.6 Å². The van der Waals surface area contributed by atoms with E-state index in [1.807, 2.05) is 39.0 Å². The van der Waals surface area contributed by atoms with Gasteiger partial charge in [0.25, 0.3) is 5.22 Å². The highest BCUT2D eigenvalue weighted by atomic mass is 35.5. The Labute approximate surface area is 167 Å². The van der Waals surface area contributed by atoms with E-state index in [0.717, 1.165) is 22.3 Å².